The molecule has 1 aliphatic carbocycles. The number of hydrogen-bond donors (Lipinski definition) is 1. The van der Waals surface area contributed by atoms with Crippen LogP contribution >= 0.6 is 0 Å². The van der Waals surface area contributed by atoms with E-state index < -0.39 is 0 Å². The molecular weight excluding hydrogens is 198 g/mol. The van der Waals surface area contributed by atoms with E-state index in [1.54, 1.807) is 5.56 Å². The summed E-state index contributed by atoms with van der Waals surface area (Å²) in [4.78, 5) is 0. The lowest BCUT2D eigenvalue weighted by atomic mass is 9.92. The molecule has 0 aromatic carbocycles. The fourth-order valence-electron chi connectivity index (χ4n) is 3.40. The van der Waals surface area contributed by atoms with Gasteiger partial charge in [-0.3, -0.25) is 4.68 Å². The molecule has 0 bridgehead atoms. The van der Waals surface area contributed by atoms with Crippen molar-refractivity contribution in [1.82, 2.24) is 15.1 Å². The van der Waals surface area contributed by atoms with Crippen molar-refractivity contribution in [2.75, 3.05) is 13.1 Å². The van der Waals surface area contributed by atoms with Crippen LogP contribution in [0.15, 0.2) is 6.20 Å². The van der Waals surface area contributed by atoms with Gasteiger partial charge in [0.25, 0.3) is 0 Å². The molecule has 3 nitrogen and oxygen atoms in total. The molecule has 1 saturated heterocycles. The van der Waals surface area contributed by atoms with Gasteiger partial charge in [0.05, 0.1) is 6.20 Å². The third kappa shape index (κ3) is 1.67. The van der Waals surface area contributed by atoms with E-state index in [-0.39, 0.29) is 0 Å². The van der Waals surface area contributed by atoms with Crippen molar-refractivity contribution in [1.29, 1.82) is 0 Å². The molecule has 1 N–H and O–H groups in total. The van der Waals surface area contributed by atoms with Crippen molar-refractivity contribution in [2.45, 2.75) is 43.9 Å². The van der Waals surface area contributed by atoms with Gasteiger partial charge in [-0.2, -0.15) is 5.10 Å². The summed E-state index contributed by atoms with van der Waals surface area (Å²) < 4.78 is 2.12. The van der Waals surface area contributed by atoms with Crippen LogP contribution in [0.5, 0.6) is 0 Å². The van der Waals surface area contributed by atoms with Gasteiger partial charge in [0.2, 0.25) is 0 Å². The first kappa shape index (κ1) is 10.3. The fraction of sp³-hybridized carbons (Fsp3) is 0.769. The predicted octanol–water partition coefficient (Wildman–Crippen LogP) is 2.15. The van der Waals surface area contributed by atoms with Gasteiger partial charge < -0.3 is 5.32 Å². The monoisotopic (exact) mass is 219 g/mol. The number of nitrogens with one attached hydrogen (secondary N) is 1. The molecule has 1 aliphatic heterocycles. The van der Waals surface area contributed by atoms with E-state index in [1.165, 1.54) is 44.3 Å². The molecule has 16 heavy (non-hydrogen) atoms. The Labute approximate surface area is 97.2 Å². The first-order chi connectivity index (χ1) is 7.86. The van der Waals surface area contributed by atoms with Crippen LogP contribution in [-0.4, -0.2) is 22.9 Å². The molecule has 3 heteroatoms. The predicted molar refractivity (Wildman–Crippen MR) is 64.6 cm³/mol. The van der Waals surface area contributed by atoms with Crippen molar-refractivity contribution < 1.29 is 0 Å². The molecule has 1 unspecified atom stereocenters. The Morgan fingerprint density at radius 1 is 1.25 bits per heavy atom. The van der Waals surface area contributed by atoms with Gasteiger partial charge in [0.15, 0.2) is 0 Å². The van der Waals surface area contributed by atoms with Crippen molar-refractivity contribution in [3.63, 3.8) is 0 Å². The summed E-state index contributed by atoms with van der Waals surface area (Å²) in [5.41, 5.74) is 3.06. The molecule has 0 radical (unpaired) electrons. The molecule has 88 valence electrons. The average molecular weight is 219 g/mol. The van der Waals surface area contributed by atoms with Gasteiger partial charge >= 0.3 is 0 Å². The molecule has 1 aromatic heterocycles. The first-order valence-corrected chi connectivity index (χ1v) is 6.59. The molecular formula is C13H21N3. The zero-order valence-corrected chi connectivity index (χ0v) is 10.1. The lowest BCUT2D eigenvalue weighted by Crippen LogP contribution is -2.13. The van der Waals surface area contributed by atoms with Gasteiger partial charge in [0.1, 0.15) is 0 Å². The van der Waals surface area contributed by atoms with Crippen molar-refractivity contribution >= 4 is 0 Å². The minimum atomic E-state index is 0.697. The van der Waals surface area contributed by atoms with E-state index in [1.807, 2.05) is 0 Å². The second kappa shape index (κ2) is 4.21. The number of hydrogen-bond acceptors (Lipinski definition) is 2. The second-order valence-electron chi connectivity index (χ2n) is 5.28. The van der Waals surface area contributed by atoms with Crippen LogP contribution in [-0.2, 0) is 7.05 Å². The topological polar surface area (TPSA) is 29.9 Å². The van der Waals surface area contributed by atoms with Gasteiger partial charge in [-0.25, -0.2) is 0 Å². The highest BCUT2D eigenvalue weighted by Gasteiger charge is 2.28. The van der Waals surface area contributed by atoms with E-state index in [9.17, 15) is 0 Å². The van der Waals surface area contributed by atoms with Gasteiger partial charge in [0, 0.05) is 25.2 Å². The first-order valence-electron chi connectivity index (χ1n) is 6.59. The summed E-state index contributed by atoms with van der Waals surface area (Å²) in [6, 6.07) is 0. The zero-order chi connectivity index (χ0) is 11.0. The summed E-state index contributed by atoms with van der Waals surface area (Å²) >= 11 is 0. The van der Waals surface area contributed by atoms with Crippen LogP contribution in [0.25, 0.3) is 0 Å². The summed E-state index contributed by atoms with van der Waals surface area (Å²) in [7, 11) is 2.10. The smallest absolute Gasteiger partial charge is 0.0527 e. The second-order valence-corrected chi connectivity index (χ2v) is 5.28. The summed E-state index contributed by atoms with van der Waals surface area (Å²) in [6.45, 7) is 2.30. The van der Waals surface area contributed by atoms with Gasteiger partial charge in [-0.1, -0.05) is 12.8 Å². The SMILES string of the molecule is Cn1ncc(C2CCCC2)c1C1CCNC1. The lowest BCUT2D eigenvalue weighted by Gasteiger charge is -2.15. The highest BCUT2D eigenvalue weighted by molar-refractivity contribution is 5.27. The van der Waals surface area contributed by atoms with Crippen LogP contribution in [0.3, 0.4) is 0 Å². The molecule has 1 aromatic rings. The largest absolute Gasteiger partial charge is 0.316 e. The number of rotatable bonds is 2. The Morgan fingerprint density at radius 3 is 2.75 bits per heavy atom. The Morgan fingerprint density at radius 2 is 2.06 bits per heavy atom. The van der Waals surface area contributed by atoms with E-state index in [0.29, 0.717) is 5.92 Å². The number of nitrogens with zero attached hydrogens (tertiary/aromatic N) is 2. The molecule has 2 heterocycles. The van der Waals surface area contributed by atoms with Crippen LogP contribution in [0.1, 0.15) is 55.2 Å². The Balaban J connectivity index is 1.91. The van der Waals surface area contributed by atoms with E-state index in [0.717, 1.165) is 12.5 Å². The lowest BCUT2D eigenvalue weighted by molar-refractivity contribution is 0.616. The normalized spacial score (nSPS) is 26.7. The van der Waals surface area contributed by atoms with Crippen LogP contribution < -0.4 is 5.32 Å². The highest BCUT2D eigenvalue weighted by atomic mass is 15.3. The summed E-state index contributed by atoms with van der Waals surface area (Å²) in [6.07, 6.45) is 8.96. The van der Waals surface area contributed by atoms with Gasteiger partial charge in [-0.05, 0) is 37.3 Å². The standard InChI is InChI=1S/C13H21N3/c1-16-13(11-6-7-14-8-11)12(9-15-16)10-4-2-3-5-10/h9-11,14H,2-8H2,1H3. The van der Waals surface area contributed by atoms with Gasteiger partial charge in [-0.15, -0.1) is 0 Å². The minimum absolute atomic E-state index is 0.697. The van der Waals surface area contributed by atoms with Crippen LogP contribution in [0, 0.1) is 0 Å². The molecule has 0 amide bonds. The summed E-state index contributed by atoms with van der Waals surface area (Å²) in [5, 5.41) is 7.96. The molecule has 2 fully saturated rings. The summed E-state index contributed by atoms with van der Waals surface area (Å²) in [5.74, 6) is 1.49. The van der Waals surface area contributed by atoms with Crippen molar-refractivity contribution in [3.8, 4) is 0 Å². The molecule has 3 rings (SSSR count). The molecule has 2 aliphatic rings. The number of aromatic nitrogens is 2. The maximum Gasteiger partial charge on any atom is 0.0527 e. The van der Waals surface area contributed by atoms with E-state index in [4.69, 9.17) is 0 Å². The average Bonchev–Trinajstić information content (AvgIpc) is 2.96. The Bertz CT molecular complexity index is 357. The van der Waals surface area contributed by atoms with Crippen LogP contribution in [0.4, 0.5) is 0 Å². The van der Waals surface area contributed by atoms with E-state index >= 15 is 0 Å². The quantitative estimate of drug-likeness (QED) is 0.826. The zero-order valence-electron chi connectivity index (χ0n) is 10.1. The fourth-order valence-corrected chi connectivity index (χ4v) is 3.40. The third-order valence-corrected chi connectivity index (χ3v) is 4.26. The maximum atomic E-state index is 4.49. The Hall–Kier alpha value is -0.830. The molecule has 1 atom stereocenters. The minimum Gasteiger partial charge on any atom is -0.316 e. The molecule has 1 saturated carbocycles. The van der Waals surface area contributed by atoms with E-state index in [2.05, 4.69) is 28.3 Å². The van der Waals surface area contributed by atoms with Crippen molar-refractivity contribution in [3.05, 3.63) is 17.5 Å². The molecule has 0 spiro atoms. The number of aryl methyl sites for hydroxylation is 1. The Kier molecular flexibility index (Phi) is 2.72. The highest BCUT2D eigenvalue weighted by Crippen LogP contribution is 2.38. The van der Waals surface area contributed by atoms with Crippen molar-refractivity contribution in [2.24, 2.45) is 7.05 Å². The van der Waals surface area contributed by atoms with Crippen LogP contribution in [0.2, 0.25) is 0 Å². The third-order valence-electron chi connectivity index (χ3n) is 4.26. The maximum absolute atomic E-state index is 4.49.